The van der Waals surface area contributed by atoms with Gasteiger partial charge in [0.2, 0.25) is 0 Å². The molecular formula is C84H108O12. The van der Waals surface area contributed by atoms with E-state index in [1.807, 2.05) is 0 Å². The number of hydrogen-bond acceptors (Lipinski definition) is 12. The highest BCUT2D eigenvalue weighted by molar-refractivity contribution is 5.60. The third-order valence-corrected chi connectivity index (χ3v) is 23.1. The van der Waals surface area contributed by atoms with E-state index < -0.39 is 0 Å². The first-order valence-corrected chi connectivity index (χ1v) is 36.3. The maximum absolute atomic E-state index is 7.47. The molecule has 13 rings (SSSR count). The van der Waals surface area contributed by atoms with Crippen LogP contribution in [0.5, 0.6) is 34.5 Å². The highest BCUT2D eigenvalue weighted by Crippen LogP contribution is 2.47. The van der Waals surface area contributed by atoms with Crippen LogP contribution in [0.1, 0.15) is 180 Å². The molecule has 12 heteroatoms. The van der Waals surface area contributed by atoms with E-state index in [1.54, 1.807) is 0 Å². The Hall–Kier alpha value is -6.12. The average molecular weight is 1310 g/mol. The molecule has 516 valence electrons. The molecule has 7 aliphatic rings. The van der Waals surface area contributed by atoms with E-state index >= 15 is 0 Å². The maximum atomic E-state index is 7.47. The third-order valence-electron chi connectivity index (χ3n) is 23.1. The van der Waals surface area contributed by atoms with Crippen LogP contribution in [0, 0.1) is 74.0 Å². The van der Waals surface area contributed by atoms with E-state index in [4.69, 9.17) is 56.8 Å². The molecule has 0 aromatic heterocycles. The Morgan fingerprint density at radius 2 is 0.333 bits per heavy atom. The number of hydrogen-bond donors (Lipinski definition) is 0. The van der Waals surface area contributed by atoms with Crippen LogP contribution in [0.2, 0.25) is 0 Å². The molecule has 0 N–H and O–H groups in total. The predicted octanol–water partition coefficient (Wildman–Crippen LogP) is 16.2. The van der Waals surface area contributed by atoms with Gasteiger partial charge in [0.15, 0.2) is 0 Å². The van der Waals surface area contributed by atoms with Crippen molar-refractivity contribution in [2.45, 2.75) is 160 Å². The monoisotopic (exact) mass is 1310 g/mol. The lowest BCUT2D eigenvalue weighted by Gasteiger charge is -2.41. The fourth-order valence-corrected chi connectivity index (χ4v) is 15.5. The van der Waals surface area contributed by atoms with Gasteiger partial charge in [-0.05, 0) is 147 Å². The van der Waals surface area contributed by atoms with Crippen LogP contribution in [-0.4, -0.2) is 119 Å². The minimum absolute atomic E-state index is 0.0728. The quantitative estimate of drug-likeness (QED) is 0.0574. The summed E-state index contributed by atoms with van der Waals surface area (Å²) in [6.45, 7) is 38.5. The van der Waals surface area contributed by atoms with Gasteiger partial charge in [-0.3, -0.25) is 0 Å². The largest absolute Gasteiger partial charge is 0.492 e. The second-order valence-electron chi connectivity index (χ2n) is 31.3. The van der Waals surface area contributed by atoms with Crippen molar-refractivity contribution in [1.29, 1.82) is 0 Å². The highest BCUT2D eigenvalue weighted by Gasteiger charge is 2.44. The summed E-state index contributed by atoms with van der Waals surface area (Å²) in [5.74, 6) is 5.54. The van der Waals surface area contributed by atoms with Crippen molar-refractivity contribution in [3.8, 4) is 34.5 Å². The maximum Gasteiger partial charge on any atom is 0.126 e. The average Bonchev–Trinajstić information content (AvgIpc) is 0.781. The zero-order chi connectivity index (χ0) is 67.0. The van der Waals surface area contributed by atoms with Crippen LogP contribution in [0.4, 0.5) is 0 Å². The summed E-state index contributed by atoms with van der Waals surface area (Å²) in [7, 11) is 0. The summed E-state index contributed by atoms with van der Waals surface area (Å²) >= 11 is 0. The molecule has 6 aromatic rings. The van der Waals surface area contributed by atoms with Crippen LogP contribution < -0.4 is 28.4 Å². The zero-order valence-electron chi connectivity index (χ0n) is 60.0. The number of ether oxygens (including phenoxy) is 12. The van der Waals surface area contributed by atoms with Gasteiger partial charge in [0.05, 0.1) is 151 Å². The second-order valence-corrected chi connectivity index (χ2v) is 31.3. The van der Waals surface area contributed by atoms with Crippen molar-refractivity contribution in [2.24, 2.45) is 32.5 Å². The number of rotatable bonds is 24. The first kappa shape index (κ1) is 68.4. The molecule has 12 bridgehead atoms. The summed E-state index contributed by atoms with van der Waals surface area (Å²) in [6.07, 6.45) is 9.33. The SMILES string of the molecule is CCC1(COc2c3cc(C)cc2Cc2cc(C)cc(c2OCC2(CC)COC2)Cc2cc(C)cc(c2OCC2(CC)COC2)Cc2cc(C)cc(c2OCC2(CC)COC2)Cc2cc(C)cc(c2OCC2(CC)COC2)Cc2cc(C)cc(c2OCC2(CC)COC2)C3)COC1. The molecule has 6 aliphatic heterocycles. The summed E-state index contributed by atoms with van der Waals surface area (Å²) in [6, 6.07) is 28.3. The fraction of sp³-hybridized carbons (Fsp3) is 0.571. The van der Waals surface area contributed by atoms with Gasteiger partial charge in [-0.2, -0.15) is 0 Å². The Kier molecular flexibility index (Phi) is 20.1. The number of benzene rings is 6. The van der Waals surface area contributed by atoms with Crippen molar-refractivity contribution in [1.82, 2.24) is 0 Å². The summed E-state index contributed by atoms with van der Waals surface area (Å²) < 4.78 is 80.7. The lowest BCUT2D eigenvalue weighted by molar-refractivity contribution is -0.133. The second kappa shape index (κ2) is 28.2. The molecule has 0 unspecified atom stereocenters. The van der Waals surface area contributed by atoms with E-state index in [9.17, 15) is 0 Å². The van der Waals surface area contributed by atoms with Crippen molar-refractivity contribution in [3.05, 3.63) is 173 Å². The number of aryl methyl sites for hydroxylation is 6. The Morgan fingerprint density at radius 3 is 0.417 bits per heavy atom. The highest BCUT2D eigenvalue weighted by atomic mass is 16.5. The van der Waals surface area contributed by atoms with Gasteiger partial charge in [0.1, 0.15) is 34.5 Å². The van der Waals surface area contributed by atoms with E-state index in [0.717, 1.165) is 140 Å². The summed E-state index contributed by atoms with van der Waals surface area (Å²) in [4.78, 5) is 0. The van der Waals surface area contributed by atoms with Gasteiger partial charge in [0.25, 0.3) is 0 Å². The van der Waals surface area contributed by atoms with E-state index in [1.165, 1.54) is 33.4 Å². The standard InChI is InChI=1S/C84H108O12/c1-13-79(37-85-38-79)49-91-73-61-19-55(7)20-62(73)32-64-22-57(9)24-66(75(64)93-51-81(15-3)41-87-42-81)34-68-26-59(11)28-70(77(68)95-53-83(17-5)45-89-46-83)36-72-30-60(12)29-71(78(72)96-54-84(18-6)47-90-48-84)35-69-27-58(10)25-67(76(69)94-52-82(16-4)43-88-44-82)33-65-23-56(8)21-63(31-61)74(65)92-50-80(14-2)39-86-40-80/h19-30H,13-18,31-54H2,1-12H3. The molecule has 6 aromatic carbocycles. The molecule has 6 heterocycles. The molecule has 1 aliphatic carbocycles. The molecule has 96 heavy (non-hydrogen) atoms. The Balaban J connectivity index is 1.05. The van der Waals surface area contributed by atoms with E-state index in [2.05, 4.69) is 156 Å². The van der Waals surface area contributed by atoms with Crippen molar-refractivity contribution < 1.29 is 56.8 Å². The molecule has 6 saturated heterocycles. The van der Waals surface area contributed by atoms with Gasteiger partial charge < -0.3 is 56.8 Å². The Morgan fingerprint density at radius 1 is 0.219 bits per heavy atom. The van der Waals surface area contributed by atoms with Crippen molar-refractivity contribution in [3.63, 3.8) is 0 Å². The van der Waals surface area contributed by atoms with Crippen LogP contribution in [0.3, 0.4) is 0 Å². The summed E-state index contributed by atoms with van der Waals surface area (Å²) in [5.41, 5.74) is 20.2. The van der Waals surface area contributed by atoms with Gasteiger partial charge in [-0.1, -0.05) is 148 Å². The molecule has 0 atom stereocenters. The molecular weight excluding hydrogens is 1200 g/mol. The summed E-state index contributed by atoms with van der Waals surface area (Å²) in [5, 5.41) is 0. The number of fused-ring (bicyclic) bond motifs is 12. The smallest absolute Gasteiger partial charge is 0.126 e. The molecule has 0 amide bonds. The molecule has 12 nitrogen and oxygen atoms in total. The Labute approximate surface area is 573 Å². The van der Waals surface area contributed by atoms with Crippen LogP contribution in [0.15, 0.2) is 72.8 Å². The lowest BCUT2D eigenvalue weighted by Crippen LogP contribution is -2.46. The molecule has 0 spiro atoms. The van der Waals surface area contributed by atoms with Gasteiger partial charge in [-0.25, -0.2) is 0 Å². The Bertz CT molecular complexity index is 2970. The van der Waals surface area contributed by atoms with E-state index in [0.29, 0.717) is 157 Å². The molecule has 0 saturated carbocycles. The molecule has 6 fully saturated rings. The molecule has 0 radical (unpaired) electrons. The van der Waals surface area contributed by atoms with Crippen LogP contribution in [0.25, 0.3) is 0 Å². The van der Waals surface area contributed by atoms with E-state index in [-0.39, 0.29) is 32.5 Å². The van der Waals surface area contributed by atoms with Gasteiger partial charge >= 0.3 is 0 Å². The first-order chi connectivity index (χ1) is 46.3. The first-order valence-electron chi connectivity index (χ1n) is 36.3. The predicted molar refractivity (Wildman–Crippen MR) is 378 cm³/mol. The van der Waals surface area contributed by atoms with Gasteiger partial charge in [-0.15, -0.1) is 0 Å². The minimum atomic E-state index is -0.0728. The third kappa shape index (κ3) is 14.2. The topological polar surface area (TPSA) is 111 Å². The van der Waals surface area contributed by atoms with Crippen molar-refractivity contribution >= 4 is 0 Å². The normalized spacial score (nSPS) is 19.9. The minimum Gasteiger partial charge on any atom is -0.492 e. The van der Waals surface area contributed by atoms with Gasteiger partial charge in [0, 0.05) is 38.5 Å². The fourth-order valence-electron chi connectivity index (χ4n) is 15.5. The lowest BCUT2D eigenvalue weighted by atomic mass is 9.84. The van der Waals surface area contributed by atoms with Crippen LogP contribution in [-0.2, 0) is 66.9 Å². The zero-order valence-corrected chi connectivity index (χ0v) is 60.0. The van der Waals surface area contributed by atoms with Crippen molar-refractivity contribution in [2.75, 3.05) is 119 Å². The van der Waals surface area contributed by atoms with Crippen LogP contribution >= 0.6 is 0 Å².